The van der Waals surface area contributed by atoms with E-state index in [1.807, 2.05) is 30.7 Å². The van der Waals surface area contributed by atoms with Crippen molar-refractivity contribution in [2.45, 2.75) is 13.5 Å². The predicted molar refractivity (Wildman–Crippen MR) is 83.9 cm³/mol. The molecule has 0 aliphatic rings. The molecule has 3 rings (SSSR count). The Hall–Kier alpha value is -2.20. The van der Waals surface area contributed by atoms with E-state index in [9.17, 15) is 0 Å². The lowest BCUT2D eigenvalue weighted by atomic mass is 10.1. The molecule has 0 amide bonds. The van der Waals surface area contributed by atoms with Crippen molar-refractivity contribution in [1.82, 2.24) is 9.36 Å². The van der Waals surface area contributed by atoms with Crippen LogP contribution in [0.25, 0.3) is 10.4 Å². The molecule has 0 aliphatic carbocycles. The number of nitrogens with zero attached hydrogens (tertiary/aromatic N) is 2. The van der Waals surface area contributed by atoms with Gasteiger partial charge in [-0.2, -0.15) is 0 Å². The molecule has 100 valence electrons. The number of benzene rings is 1. The SMILES string of the molecule is Cc1ccncc1CNc1ccc(-c2ccns2)cc1. The molecule has 4 heteroatoms. The Morgan fingerprint density at radius 2 is 1.90 bits per heavy atom. The molecule has 0 saturated carbocycles. The van der Waals surface area contributed by atoms with Crippen molar-refractivity contribution in [3.8, 4) is 10.4 Å². The standard InChI is InChI=1S/C16H15N3S/c1-12-6-8-17-10-14(12)11-18-15-4-2-13(3-5-15)16-7-9-19-20-16/h2-10,18H,11H2,1H3. The Bertz CT molecular complexity index is 675. The van der Waals surface area contributed by atoms with Crippen LogP contribution in [0, 0.1) is 6.92 Å². The largest absolute Gasteiger partial charge is 0.381 e. The van der Waals surface area contributed by atoms with E-state index in [1.165, 1.54) is 33.1 Å². The minimum absolute atomic E-state index is 0.791. The summed E-state index contributed by atoms with van der Waals surface area (Å²) in [6.45, 7) is 2.89. The van der Waals surface area contributed by atoms with Gasteiger partial charge < -0.3 is 5.32 Å². The van der Waals surface area contributed by atoms with Crippen LogP contribution in [-0.2, 0) is 6.54 Å². The quantitative estimate of drug-likeness (QED) is 0.781. The molecule has 2 heterocycles. The van der Waals surface area contributed by atoms with Crippen LogP contribution in [0.1, 0.15) is 11.1 Å². The van der Waals surface area contributed by atoms with E-state index in [0.29, 0.717) is 0 Å². The number of pyridine rings is 1. The maximum absolute atomic E-state index is 4.16. The maximum Gasteiger partial charge on any atom is 0.0549 e. The third-order valence-electron chi connectivity index (χ3n) is 3.24. The zero-order valence-electron chi connectivity index (χ0n) is 11.2. The van der Waals surface area contributed by atoms with E-state index in [0.717, 1.165) is 12.2 Å². The summed E-state index contributed by atoms with van der Waals surface area (Å²) >= 11 is 1.52. The molecule has 0 fully saturated rings. The second-order valence-electron chi connectivity index (χ2n) is 4.61. The molecule has 0 saturated heterocycles. The summed E-state index contributed by atoms with van der Waals surface area (Å²) in [4.78, 5) is 5.35. The van der Waals surface area contributed by atoms with Gasteiger partial charge in [0.05, 0.1) is 4.88 Å². The van der Waals surface area contributed by atoms with Gasteiger partial charge in [-0.05, 0) is 59.4 Å². The minimum Gasteiger partial charge on any atom is -0.381 e. The van der Waals surface area contributed by atoms with Crippen molar-refractivity contribution in [2.24, 2.45) is 0 Å². The molecule has 2 aromatic heterocycles. The Labute approximate surface area is 122 Å². The second kappa shape index (κ2) is 5.84. The highest BCUT2D eigenvalue weighted by molar-refractivity contribution is 7.09. The fourth-order valence-electron chi connectivity index (χ4n) is 2.00. The van der Waals surface area contributed by atoms with Crippen molar-refractivity contribution < 1.29 is 0 Å². The van der Waals surface area contributed by atoms with Crippen molar-refractivity contribution >= 4 is 17.2 Å². The Balaban J connectivity index is 1.68. The lowest BCUT2D eigenvalue weighted by Gasteiger charge is -2.09. The monoisotopic (exact) mass is 281 g/mol. The first-order valence-electron chi connectivity index (χ1n) is 6.47. The summed E-state index contributed by atoms with van der Waals surface area (Å²) in [5, 5.41) is 3.42. The molecule has 0 radical (unpaired) electrons. The normalized spacial score (nSPS) is 10.4. The lowest BCUT2D eigenvalue weighted by molar-refractivity contribution is 1.08. The van der Waals surface area contributed by atoms with Gasteiger partial charge in [0.25, 0.3) is 0 Å². The Morgan fingerprint density at radius 1 is 1.05 bits per heavy atom. The highest BCUT2D eigenvalue weighted by Gasteiger charge is 2.01. The fourth-order valence-corrected chi connectivity index (χ4v) is 2.59. The van der Waals surface area contributed by atoms with Crippen LogP contribution in [0.4, 0.5) is 5.69 Å². The van der Waals surface area contributed by atoms with E-state index >= 15 is 0 Å². The molecule has 3 aromatic rings. The average Bonchev–Trinajstić information content (AvgIpc) is 3.01. The molecule has 0 bridgehead atoms. The van der Waals surface area contributed by atoms with Crippen LogP contribution in [-0.4, -0.2) is 9.36 Å². The summed E-state index contributed by atoms with van der Waals surface area (Å²) < 4.78 is 4.13. The van der Waals surface area contributed by atoms with E-state index in [-0.39, 0.29) is 0 Å². The molecular formula is C16H15N3S. The summed E-state index contributed by atoms with van der Waals surface area (Å²) in [5.74, 6) is 0. The van der Waals surface area contributed by atoms with Gasteiger partial charge in [0.2, 0.25) is 0 Å². The van der Waals surface area contributed by atoms with Gasteiger partial charge in [-0.3, -0.25) is 4.98 Å². The van der Waals surface area contributed by atoms with Gasteiger partial charge in [-0.1, -0.05) is 12.1 Å². The molecule has 1 N–H and O–H groups in total. The molecule has 20 heavy (non-hydrogen) atoms. The van der Waals surface area contributed by atoms with Crippen LogP contribution in [0.5, 0.6) is 0 Å². The van der Waals surface area contributed by atoms with Crippen molar-refractivity contribution in [2.75, 3.05) is 5.32 Å². The third kappa shape index (κ3) is 2.86. The number of rotatable bonds is 4. The first-order chi connectivity index (χ1) is 9.83. The average molecular weight is 281 g/mol. The Morgan fingerprint density at radius 3 is 2.60 bits per heavy atom. The number of hydrogen-bond acceptors (Lipinski definition) is 4. The van der Waals surface area contributed by atoms with Gasteiger partial charge in [0.15, 0.2) is 0 Å². The molecule has 0 unspecified atom stereocenters. The third-order valence-corrected chi connectivity index (χ3v) is 4.03. The Kier molecular flexibility index (Phi) is 3.74. The lowest BCUT2D eigenvalue weighted by Crippen LogP contribution is -2.01. The summed E-state index contributed by atoms with van der Waals surface area (Å²) in [5.41, 5.74) is 4.80. The number of nitrogens with one attached hydrogen (secondary N) is 1. The number of aromatic nitrogens is 2. The zero-order valence-corrected chi connectivity index (χ0v) is 12.0. The van der Waals surface area contributed by atoms with Gasteiger partial charge >= 0.3 is 0 Å². The van der Waals surface area contributed by atoms with Gasteiger partial charge in [-0.25, -0.2) is 4.37 Å². The van der Waals surface area contributed by atoms with Crippen molar-refractivity contribution in [3.63, 3.8) is 0 Å². The number of hydrogen-bond donors (Lipinski definition) is 1. The zero-order chi connectivity index (χ0) is 13.8. The van der Waals surface area contributed by atoms with E-state index in [4.69, 9.17) is 0 Å². The molecule has 0 aliphatic heterocycles. The number of anilines is 1. The van der Waals surface area contributed by atoms with Crippen LogP contribution in [0.15, 0.2) is 55.0 Å². The smallest absolute Gasteiger partial charge is 0.0549 e. The van der Waals surface area contributed by atoms with E-state index in [2.05, 4.69) is 45.9 Å². The second-order valence-corrected chi connectivity index (χ2v) is 5.44. The molecule has 0 atom stereocenters. The first kappa shape index (κ1) is 12.8. The van der Waals surface area contributed by atoms with Crippen molar-refractivity contribution in [3.05, 3.63) is 66.1 Å². The van der Waals surface area contributed by atoms with E-state index < -0.39 is 0 Å². The van der Waals surface area contributed by atoms with Crippen LogP contribution in [0.3, 0.4) is 0 Å². The minimum atomic E-state index is 0.791. The molecular weight excluding hydrogens is 266 g/mol. The highest BCUT2D eigenvalue weighted by atomic mass is 32.1. The maximum atomic E-state index is 4.16. The van der Waals surface area contributed by atoms with Crippen LogP contribution >= 0.6 is 11.5 Å². The molecule has 1 aromatic carbocycles. The number of aryl methyl sites for hydroxylation is 1. The first-order valence-corrected chi connectivity index (χ1v) is 7.25. The van der Waals surface area contributed by atoms with Gasteiger partial charge in [0.1, 0.15) is 0 Å². The molecule has 0 spiro atoms. The summed E-state index contributed by atoms with van der Waals surface area (Å²) in [6.07, 6.45) is 5.56. The predicted octanol–water partition coefficient (Wildman–Crippen LogP) is 4.13. The van der Waals surface area contributed by atoms with Crippen molar-refractivity contribution in [1.29, 1.82) is 0 Å². The molecule has 3 nitrogen and oxygen atoms in total. The van der Waals surface area contributed by atoms with Gasteiger partial charge in [0, 0.05) is 30.8 Å². The summed E-state index contributed by atoms with van der Waals surface area (Å²) in [6, 6.07) is 12.5. The van der Waals surface area contributed by atoms with E-state index in [1.54, 1.807) is 0 Å². The topological polar surface area (TPSA) is 37.8 Å². The van der Waals surface area contributed by atoms with Crippen LogP contribution in [0.2, 0.25) is 0 Å². The van der Waals surface area contributed by atoms with Gasteiger partial charge in [-0.15, -0.1) is 0 Å². The summed E-state index contributed by atoms with van der Waals surface area (Å²) in [7, 11) is 0. The fraction of sp³-hybridized carbons (Fsp3) is 0.125. The van der Waals surface area contributed by atoms with Crippen LogP contribution < -0.4 is 5.32 Å². The highest BCUT2D eigenvalue weighted by Crippen LogP contribution is 2.24.